The molecule has 1 unspecified atom stereocenters. The van der Waals surface area contributed by atoms with Crippen LogP contribution in [0.4, 0.5) is 0 Å². The molecule has 1 N–H and O–H groups in total. The lowest BCUT2D eigenvalue weighted by molar-refractivity contribution is 0.0696. The van der Waals surface area contributed by atoms with Gasteiger partial charge in [-0.05, 0) is 33.5 Å². The Kier molecular flexibility index (Phi) is 4.31. The van der Waals surface area contributed by atoms with E-state index in [9.17, 15) is 4.79 Å². The molecule has 1 fully saturated rings. The summed E-state index contributed by atoms with van der Waals surface area (Å²) in [5, 5.41) is 10.9. The molecule has 0 spiro atoms. The molecular weight excluding hydrogens is 250 g/mol. The van der Waals surface area contributed by atoms with Crippen molar-refractivity contribution in [3.05, 3.63) is 16.1 Å². The van der Waals surface area contributed by atoms with E-state index in [-0.39, 0.29) is 5.01 Å². The van der Waals surface area contributed by atoms with Crippen molar-refractivity contribution < 1.29 is 9.90 Å². The van der Waals surface area contributed by atoms with Gasteiger partial charge in [0.2, 0.25) is 5.01 Å². The van der Waals surface area contributed by atoms with Crippen LogP contribution in [0.5, 0.6) is 0 Å². The average Bonchev–Trinajstić information content (AvgIpc) is 2.77. The number of carbonyl (C=O) groups is 1. The molecule has 0 aliphatic carbocycles. The first kappa shape index (κ1) is 13.5. The molecule has 18 heavy (non-hydrogen) atoms. The molecular formula is C12H19N3O2S. The number of rotatable bonds is 4. The molecule has 0 bridgehead atoms. The van der Waals surface area contributed by atoms with Gasteiger partial charge in [-0.15, -0.1) is 11.3 Å². The minimum absolute atomic E-state index is 0.180. The fourth-order valence-corrected chi connectivity index (χ4v) is 3.01. The molecule has 1 aliphatic rings. The van der Waals surface area contributed by atoms with Crippen molar-refractivity contribution in [1.82, 2.24) is 14.8 Å². The Morgan fingerprint density at radius 2 is 2.50 bits per heavy atom. The van der Waals surface area contributed by atoms with Gasteiger partial charge in [0.15, 0.2) is 0 Å². The van der Waals surface area contributed by atoms with Crippen molar-refractivity contribution >= 4 is 17.3 Å². The average molecular weight is 269 g/mol. The standard InChI is InChI=1S/C12H19N3O2S/c1-14-5-3-4-10(7-14)15(2)6-9-8-18-11(13-9)12(16)17/h8,10H,3-7H2,1-2H3,(H,16,17). The zero-order chi connectivity index (χ0) is 13.1. The van der Waals surface area contributed by atoms with E-state index >= 15 is 0 Å². The first-order valence-corrected chi connectivity index (χ1v) is 7.00. The summed E-state index contributed by atoms with van der Waals surface area (Å²) in [4.78, 5) is 19.5. The Morgan fingerprint density at radius 3 is 3.11 bits per heavy atom. The molecule has 2 heterocycles. The number of hydrogen-bond acceptors (Lipinski definition) is 5. The highest BCUT2D eigenvalue weighted by molar-refractivity contribution is 7.11. The highest BCUT2D eigenvalue weighted by Crippen LogP contribution is 2.17. The van der Waals surface area contributed by atoms with Gasteiger partial charge in [-0.25, -0.2) is 9.78 Å². The van der Waals surface area contributed by atoms with E-state index in [1.54, 1.807) is 0 Å². The van der Waals surface area contributed by atoms with Crippen LogP contribution in [0.1, 0.15) is 28.3 Å². The van der Waals surface area contributed by atoms with E-state index in [1.165, 1.54) is 30.7 Å². The number of likely N-dealkylation sites (tertiary alicyclic amines) is 1. The Hall–Kier alpha value is -0.980. The van der Waals surface area contributed by atoms with Crippen LogP contribution < -0.4 is 0 Å². The van der Waals surface area contributed by atoms with Crippen molar-refractivity contribution in [2.24, 2.45) is 0 Å². The summed E-state index contributed by atoms with van der Waals surface area (Å²) in [5.74, 6) is -0.939. The summed E-state index contributed by atoms with van der Waals surface area (Å²) in [6.07, 6.45) is 2.43. The quantitative estimate of drug-likeness (QED) is 0.894. The maximum absolute atomic E-state index is 10.8. The SMILES string of the molecule is CN1CCCC(N(C)Cc2csc(C(=O)O)n2)C1. The van der Waals surface area contributed by atoms with Crippen LogP contribution in [0.15, 0.2) is 5.38 Å². The zero-order valence-corrected chi connectivity index (χ0v) is 11.6. The second kappa shape index (κ2) is 5.77. The minimum Gasteiger partial charge on any atom is -0.476 e. The predicted molar refractivity (Wildman–Crippen MR) is 71.1 cm³/mol. The lowest BCUT2D eigenvalue weighted by Crippen LogP contribution is -2.44. The molecule has 1 saturated heterocycles. The van der Waals surface area contributed by atoms with Gasteiger partial charge in [-0.1, -0.05) is 0 Å². The summed E-state index contributed by atoms with van der Waals surface area (Å²) >= 11 is 1.20. The number of hydrogen-bond donors (Lipinski definition) is 1. The van der Waals surface area contributed by atoms with Crippen molar-refractivity contribution in [2.75, 3.05) is 27.2 Å². The minimum atomic E-state index is -0.939. The summed E-state index contributed by atoms with van der Waals surface area (Å²) in [5.41, 5.74) is 0.855. The first-order valence-electron chi connectivity index (χ1n) is 6.12. The van der Waals surface area contributed by atoms with Crippen molar-refractivity contribution in [3.8, 4) is 0 Å². The zero-order valence-electron chi connectivity index (χ0n) is 10.8. The Bertz CT molecular complexity index is 421. The molecule has 1 atom stereocenters. The topological polar surface area (TPSA) is 56.7 Å². The smallest absolute Gasteiger partial charge is 0.365 e. The lowest BCUT2D eigenvalue weighted by atomic mass is 10.1. The second-order valence-corrected chi connectivity index (χ2v) is 5.78. The fraction of sp³-hybridized carbons (Fsp3) is 0.667. The molecule has 0 radical (unpaired) electrons. The monoisotopic (exact) mass is 269 g/mol. The first-order chi connectivity index (χ1) is 8.56. The summed E-state index contributed by atoms with van der Waals surface area (Å²) in [7, 11) is 4.23. The largest absolute Gasteiger partial charge is 0.476 e. The van der Waals surface area contributed by atoms with E-state index in [0.717, 1.165) is 18.8 Å². The molecule has 0 saturated carbocycles. The molecule has 6 heteroatoms. The number of piperidine rings is 1. The lowest BCUT2D eigenvalue weighted by Gasteiger charge is -2.35. The number of carboxylic acids is 1. The summed E-state index contributed by atoms with van der Waals surface area (Å²) in [6, 6.07) is 0.540. The van der Waals surface area contributed by atoms with E-state index in [2.05, 4.69) is 28.9 Å². The Labute approximate surface area is 111 Å². The van der Waals surface area contributed by atoms with Crippen LogP contribution in [-0.4, -0.2) is 59.1 Å². The van der Waals surface area contributed by atoms with Gasteiger partial charge < -0.3 is 10.0 Å². The van der Waals surface area contributed by atoms with Gasteiger partial charge in [-0.3, -0.25) is 4.90 Å². The molecule has 2 rings (SSSR count). The third-order valence-corrected chi connectivity index (χ3v) is 4.25. The van der Waals surface area contributed by atoms with Crippen LogP contribution in [0.3, 0.4) is 0 Å². The summed E-state index contributed by atoms with van der Waals surface area (Å²) in [6.45, 7) is 2.97. The molecule has 1 aromatic heterocycles. The number of aromatic nitrogens is 1. The van der Waals surface area contributed by atoms with Gasteiger partial charge >= 0.3 is 5.97 Å². The molecule has 5 nitrogen and oxygen atoms in total. The molecule has 1 aliphatic heterocycles. The van der Waals surface area contributed by atoms with Crippen molar-refractivity contribution in [3.63, 3.8) is 0 Å². The predicted octanol–water partition coefficient (Wildman–Crippen LogP) is 1.37. The van der Waals surface area contributed by atoms with Crippen LogP contribution in [0, 0.1) is 0 Å². The van der Waals surface area contributed by atoms with Crippen LogP contribution in [0.25, 0.3) is 0 Å². The van der Waals surface area contributed by atoms with E-state index in [0.29, 0.717) is 6.04 Å². The van der Waals surface area contributed by atoms with Crippen molar-refractivity contribution in [1.29, 1.82) is 0 Å². The van der Waals surface area contributed by atoms with Gasteiger partial charge in [0.25, 0.3) is 0 Å². The third kappa shape index (κ3) is 3.28. The molecule has 0 aromatic carbocycles. The maximum Gasteiger partial charge on any atom is 0.365 e. The Balaban J connectivity index is 1.93. The number of aromatic carboxylic acids is 1. The highest BCUT2D eigenvalue weighted by atomic mass is 32.1. The van der Waals surface area contributed by atoms with E-state index in [1.807, 2.05) is 5.38 Å². The van der Waals surface area contributed by atoms with Gasteiger partial charge in [0.1, 0.15) is 0 Å². The van der Waals surface area contributed by atoms with Crippen LogP contribution in [-0.2, 0) is 6.54 Å². The molecule has 100 valence electrons. The van der Waals surface area contributed by atoms with Gasteiger partial charge in [0.05, 0.1) is 5.69 Å². The normalized spacial score (nSPS) is 21.4. The molecule has 1 aromatic rings. The number of likely N-dealkylation sites (N-methyl/N-ethyl adjacent to an activating group) is 2. The summed E-state index contributed by atoms with van der Waals surface area (Å²) < 4.78 is 0. The van der Waals surface area contributed by atoms with Gasteiger partial charge in [-0.2, -0.15) is 0 Å². The van der Waals surface area contributed by atoms with Crippen LogP contribution >= 0.6 is 11.3 Å². The van der Waals surface area contributed by atoms with Crippen molar-refractivity contribution in [2.45, 2.75) is 25.4 Å². The number of nitrogens with zero attached hydrogens (tertiary/aromatic N) is 3. The third-order valence-electron chi connectivity index (χ3n) is 3.37. The fourth-order valence-electron chi connectivity index (χ4n) is 2.36. The Morgan fingerprint density at radius 1 is 1.72 bits per heavy atom. The number of thiazole rings is 1. The van der Waals surface area contributed by atoms with E-state index < -0.39 is 5.97 Å². The van der Waals surface area contributed by atoms with Gasteiger partial charge in [0, 0.05) is 24.5 Å². The maximum atomic E-state index is 10.8. The number of carboxylic acid groups (broad SMARTS) is 1. The van der Waals surface area contributed by atoms with E-state index in [4.69, 9.17) is 5.11 Å². The molecule has 0 amide bonds. The van der Waals surface area contributed by atoms with Crippen LogP contribution in [0.2, 0.25) is 0 Å². The second-order valence-electron chi connectivity index (χ2n) is 4.92. The highest BCUT2D eigenvalue weighted by Gasteiger charge is 2.21.